The molecule has 0 aliphatic heterocycles. The first kappa shape index (κ1) is 16.5. The molecule has 0 bridgehead atoms. The zero-order valence-corrected chi connectivity index (χ0v) is 13.7. The second kappa shape index (κ2) is 6.90. The highest BCUT2D eigenvalue weighted by atomic mass is 32.2. The molecular weight excluding hydrogens is 286 g/mol. The molecule has 0 atom stereocenters. The molecule has 21 heavy (non-hydrogen) atoms. The van der Waals surface area contributed by atoms with E-state index in [4.69, 9.17) is 0 Å². The van der Waals surface area contributed by atoms with Gasteiger partial charge in [0.15, 0.2) is 0 Å². The first-order valence-corrected chi connectivity index (χ1v) is 9.19. The summed E-state index contributed by atoms with van der Waals surface area (Å²) in [6, 6.07) is 5.12. The number of aryl methyl sites for hydroxylation is 1. The SMILES string of the molecule is CCCN(CC1CC1)S(=O)(=O)c1ccc(CC)c(CO)c1. The van der Waals surface area contributed by atoms with Crippen LogP contribution in [-0.4, -0.2) is 30.9 Å². The van der Waals surface area contributed by atoms with Crippen LogP contribution in [0.15, 0.2) is 23.1 Å². The molecule has 0 radical (unpaired) electrons. The number of aliphatic hydroxyl groups excluding tert-OH is 1. The van der Waals surface area contributed by atoms with Crippen LogP contribution in [-0.2, 0) is 23.1 Å². The van der Waals surface area contributed by atoms with Crippen molar-refractivity contribution >= 4 is 10.0 Å². The van der Waals surface area contributed by atoms with Gasteiger partial charge in [-0.2, -0.15) is 4.31 Å². The highest BCUT2D eigenvalue weighted by molar-refractivity contribution is 7.89. The van der Waals surface area contributed by atoms with Crippen LogP contribution >= 0.6 is 0 Å². The van der Waals surface area contributed by atoms with Gasteiger partial charge in [0, 0.05) is 13.1 Å². The van der Waals surface area contributed by atoms with Gasteiger partial charge in [-0.3, -0.25) is 0 Å². The van der Waals surface area contributed by atoms with Crippen LogP contribution in [0.3, 0.4) is 0 Å². The van der Waals surface area contributed by atoms with Gasteiger partial charge in [0.25, 0.3) is 0 Å². The number of hydrogen-bond acceptors (Lipinski definition) is 3. The van der Waals surface area contributed by atoms with Crippen LogP contribution in [0.25, 0.3) is 0 Å². The van der Waals surface area contributed by atoms with Crippen molar-refractivity contribution in [2.24, 2.45) is 5.92 Å². The molecule has 0 amide bonds. The van der Waals surface area contributed by atoms with Crippen LogP contribution in [0.5, 0.6) is 0 Å². The van der Waals surface area contributed by atoms with Crippen LogP contribution in [0.1, 0.15) is 44.2 Å². The Kier molecular flexibility index (Phi) is 5.41. The Hall–Kier alpha value is -0.910. The van der Waals surface area contributed by atoms with E-state index in [1.807, 2.05) is 19.9 Å². The average molecular weight is 311 g/mol. The van der Waals surface area contributed by atoms with Crippen molar-refractivity contribution in [2.45, 2.75) is 51.0 Å². The Morgan fingerprint density at radius 3 is 2.48 bits per heavy atom. The Morgan fingerprint density at radius 1 is 1.24 bits per heavy atom. The summed E-state index contributed by atoms with van der Waals surface area (Å²) >= 11 is 0. The summed E-state index contributed by atoms with van der Waals surface area (Å²) in [4.78, 5) is 0.304. The molecule has 0 saturated heterocycles. The minimum Gasteiger partial charge on any atom is -0.392 e. The van der Waals surface area contributed by atoms with Crippen LogP contribution in [0.4, 0.5) is 0 Å². The molecule has 0 heterocycles. The lowest BCUT2D eigenvalue weighted by Gasteiger charge is -2.22. The molecule has 1 saturated carbocycles. The molecule has 2 rings (SSSR count). The van der Waals surface area contributed by atoms with Crippen LogP contribution in [0.2, 0.25) is 0 Å². The van der Waals surface area contributed by atoms with Crippen LogP contribution < -0.4 is 0 Å². The minimum absolute atomic E-state index is 0.122. The Bertz CT molecular complexity index is 579. The van der Waals surface area contributed by atoms with Crippen LogP contribution in [0, 0.1) is 5.92 Å². The second-order valence-electron chi connectivity index (χ2n) is 5.75. The lowest BCUT2D eigenvalue weighted by molar-refractivity contribution is 0.280. The highest BCUT2D eigenvalue weighted by Gasteiger charge is 2.31. The zero-order chi connectivity index (χ0) is 15.5. The number of hydrogen-bond donors (Lipinski definition) is 1. The molecule has 4 nitrogen and oxygen atoms in total. The van der Waals surface area contributed by atoms with E-state index in [2.05, 4.69) is 0 Å². The number of benzene rings is 1. The summed E-state index contributed by atoms with van der Waals surface area (Å²) in [5, 5.41) is 9.43. The standard InChI is InChI=1S/C16H25NO3S/c1-3-9-17(11-13-5-6-13)21(19,20)16-8-7-14(4-2)15(10-16)12-18/h7-8,10,13,18H,3-6,9,11-12H2,1-2H3. The third kappa shape index (κ3) is 3.84. The Balaban J connectivity index is 2.31. The number of nitrogens with zero attached hydrogens (tertiary/aromatic N) is 1. The van der Waals surface area contributed by atoms with Crippen molar-refractivity contribution in [1.29, 1.82) is 0 Å². The zero-order valence-electron chi connectivity index (χ0n) is 12.9. The van der Waals surface area contributed by atoms with Gasteiger partial charge in [-0.05, 0) is 54.9 Å². The lowest BCUT2D eigenvalue weighted by Crippen LogP contribution is -2.33. The van der Waals surface area contributed by atoms with Crippen molar-refractivity contribution < 1.29 is 13.5 Å². The van der Waals surface area contributed by atoms with Crippen molar-refractivity contribution in [1.82, 2.24) is 4.31 Å². The fourth-order valence-electron chi connectivity index (χ4n) is 2.55. The van der Waals surface area contributed by atoms with Gasteiger partial charge < -0.3 is 5.11 Å². The largest absolute Gasteiger partial charge is 0.392 e. The quantitative estimate of drug-likeness (QED) is 0.802. The molecule has 118 valence electrons. The van der Waals surface area contributed by atoms with Gasteiger partial charge in [-0.15, -0.1) is 0 Å². The third-order valence-electron chi connectivity index (χ3n) is 4.00. The Morgan fingerprint density at radius 2 is 1.95 bits per heavy atom. The molecule has 0 spiro atoms. The van der Waals surface area contributed by atoms with Gasteiger partial charge in [-0.1, -0.05) is 19.9 Å². The maximum Gasteiger partial charge on any atom is 0.243 e. The van der Waals surface area contributed by atoms with E-state index >= 15 is 0 Å². The van der Waals surface area contributed by atoms with E-state index in [0.29, 0.717) is 29.5 Å². The summed E-state index contributed by atoms with van der Waals surface area (Å²) in [5.41, 5.74) is 1.71. The molecule has 1 aromatic rings. The fraction of sp³-hybridized carbons (Fsp3) is 0.625. The van der Waals surface area contributed by atoms with Crippen molar-refractivity contribution in [3.63, 3.8) is 0 Å². The average Bonchev–Trinajstić information content (AvgIpc) is 3.30. The van der Waals surface area contributed by atoms with E-state index in [0.717, 1.165) is 31.2 Å². The normalized spacial score (nSPS) is 15.6. The van der Waals surface area contributed by atoms with Crippen molar-refractivity contribution in [3.05, 3.63) is 29.3 Å². The van der Waals surface area contributed by atoms with Gasteiger partial charge in [0.2, 0.25) is 10.0 Å². The molecule has 1 aromatic carbocycles. The molecule has 1 aliphatic rings. The molecule has 1 fully saturated rings. The van der Waals surface area contributed by atoms with E-state index in [9.17, 15) is 13.5 Å². The highest BCUT2D eigenvalue weighted by Crippen LogP contribution is 2.32. The van der Waals surface area contributed by atoms with E-state index in [1.54, 1.807) is 16.4 Å². The molecule has 1 N–H and O–H groups in total. The minimum atomic E-state index is -3.45. The molecule has 0 aromatic heterocycles. The van der Waals surface area contributed by atoms with E-state index in [-0.39, 0.29) is 6.61 Å². The lowest BCUT2D eigenvalue weighted by atomic mass is 10.1. The molecule has 0 unspecified atom stereocenters. The summed E-state index contributed by atoms with van der Waals surface area (Å²) in [5.74, 6) is 0.526. The fourth-order valence-corrected chi connectivity index (χ4v) is 4.21. The predicted molar refractivity (Wildman–Crippen MR) is 83.5 cm³/mol. The summed E-state index contributed by atoms with van der Waals surface area (Å²) < 4.78 is 27.2. The number of sulfonamides is 1. The van der Waals surface area contributed by atoms with Crippen molar-refractivity contribution in [3.8, 4) is 0 Å². The molecule has 5 heteroatoms. The van der Waals surface area contributed by atoms with Gasteiger partial charge in [0.05, 0.1) is 11.5 Å². The predicted octanol–water partition coefficient (Wildman–Crippen LogP) is 2.55. The summed E-state index contributed by atoms with van der Waals surface area (Å²) in [6.45, 7) is 5.06. The van der Waals surface area contributed by atoms with Gasteiger partial charge in [0.1, 0.15) is 0 Å². The maximum atomic E-state index is 12.8. The summed E-state index contributed by atoms with van der Waals surface area (Å²) in [6.07, 6.45) is 3.86. The third-order valence-corrected chi connectivity index (χ3v) is 5.86. The summed E-state index contributed by atoms with van der Waals surface area (Å²) in [7, 11) is -3.45. The molecule has 1 aliphatic carbocycles. The van der Waals surface area contributed by atoms with Gasteiger partial charge >= 0.3 is 0 Å². The monoisotopic (exact) mass is 311 g/mol. The maximum absolute atomic E-state index is 12.8. The molecular formula is C16H25NO3S. The Labute approximate surface area is 127 Å². The smallest absolute Gasteiger partial charge is 0.243 e. The van der Waals surface area contributed by atoms with Gasteiger partial charge in [-0.25, -0.2) is 8.42 Å². The van der Waals surface area contributed by atoms with E-state index in [1.165, 1.54) is 0 Å². The number of rotatable bonds is 8. The van der Waals surface area contributed by atoms with E-state index < -0.39 is 10.0 Å². The number of aliphatic hydroxyl groups is 1. The van der Waals surface area contributed by atoms with Crippen molar-refractivity contribution in [2.75, 3.05) is 13.1 Å². The first-order valence-electron chi connectivity index (χ1n) is 7.75. The first-order chi connectivity index (χ1) is 10.0. The second-order valence-corrected chi connectivity index (χ2v) is 7.69. The topological polar surface area (TPSA) is 57.6 Å².